The zero-order valence-corrected chi connectivity index (χ0v) is 19.6. The summed E-state index contributed by atoms with van der Waals surface area (Å²) in [5.41, 5.74) is 2.29. The van der Waals surface area contributed by atoms with Crippen LogP contribution in [0.2, 0.25) is 0 Å². The molecule has 1 aliphatic heterocycles. The standard InChI is InChI=1S/C26H35N3O3/c1-5-7-17-29(6-2)18-16-27-25(30)23-21-10-8-9-11-22(21)26(31)28(3)24(23)19-12-14-20(32-4)15-13-19/h8-15,23-24H,5-7,16-18H2,1-4H3,(H,27,30)/t23-,24-/m0/s1. The lowest BCUT2D eigenvalue weighted by molar-refractivity contribution is -0.124. The van der Waals surface area contributed by atoms with E-state index in [0.717, 1.165) is 49.4 Å². The minimum atomic E-state index is -0.479. The summed E-state index contributed by atoms with van der Waals surface area (Å²) >= 11 is 0. The average molecular weight is 438 g/mol. The van der Waals surface area contributed by atoms with Crippen LogP contribution in [0.5, 0.6) is 5.75 Å². The molecule has 0 saturated carbocycles. The van der Waals surface area contributed by atoms with Crippen LogP contribution in [-0.4, -0.2) is 62.0 Å². The molecular weight excluding hydrogens is 402 g/mol. The first-order chi connectivity index (χ1) is 15.5. The third kappa shape index (κ3) is 5.13. The zero-order chi connectivity index (χ0) is 23.1. The zero-order valence-electron chi connectivity index (χ0n) is 19.6. The molecule has 32 heavy (non-hydrogen) atoms. The Morgan fingerprint density at radius 2 is 1.81 bits per heavy atom. The van der Waals surface area contributed by atoms with Gasteiger partial charge >= 0.3 is 0 Å². The third-order valence-corrected chi connectivity index (χ3v) is 6.32. The molecule has 2 amide bonds. The average Bonchev–Trinajstić information content (AvgIpc) is 2.83. The molecule has 1 aliphatic rings. The van der Waals surface area contributed by atoms with E-state index < -0.39 is 5.92 Å². The van der Waals surface area contributed by atoms with Crippen molar-refractivity contribution in [2.75, 3.05) is 40.3 Å². The van der Waals surface area contributed by atoms with Gasteiger partial charge in [0.25, 0.3) is 5.91 Å². The highest BCUT2D eigenvalue weighted by atomic mass is 16.5. The van der Waals surface area contributed by atoms with Crippen molar-refractivity contribution in [1.82, 2.24) is 15.1 Å². The summed E-state index contributed by atoms with van der Waals surface area (Å²) in [5, 5.41) is 3.15. The van der Waals surface area contributed by atoms with Crippen LogP contribution in [0.15, 0.2) is 48.5 Å². The minimum Gasteiger partial charge on any atom is -0.497 e. The molecule has 2 atom stereocenters. The Labute approximate surface area is 191 Å². The van der Waals surface area contributed by atoms with Crippen molar-refractivity contribution in [3.63, 3.8) is 0 Å². The normalized spacial score (nSPS) is 17.9. The van der Waals surface area contributed by atoms with E-state index in [1.54, 1.807) is 19.1 Å². The molecule has 0 saturated heterocycles. The number of carbonyl (C=O) groups excluding carboxylic acids is 2. The van der Waals surface area contributed by atoms with Crippen molar-refractivity contribution in [2.45, 2.75) is 38.6 Å². The number of nitrogens with zero attached hydrogens (tertiary/aromatic N) is 2. The Hall–Kier alpha value is -2.86. The van der Waals surface area contributed by atoms with E-state index in [-0.39, 0.29) is 17.9 Å². The minimum absolute atomic E-state index is 0.0517. The smallest absolute Gasteiger partial charge is 0.254 e. The Morgan fingerprint density at radius 1 is 1.09 bits per heavy atom. The molecule has 6 heteroatoms. The van der Waals surface area contributed by atoms with E-state index in [4.69, 9.17) is 4.74 Å². The lowest BCUT2D eigenvalue weighted by atomic mass is 9.79. The number of nitrogens with one attached hydrogen (secondary N) is 1. The van der Waals surface area contributed by atoms with Gasteiger partial charge in [0.2, 0.25) is 5.91 Å². The van der Waals surface area contributed by atoms with Gasteiger partial charge in [-0.15, -0.1) is 0 Å². The predicted molar refractivity (Wildman–Crippen MR) is 127 cm³/mol. The second kappa shape index (κ2) is 11.1. The maximum Gasteiger partial charge on any atom is 0.254 e. The predicted octanol–water partition coefficient (Wildman–Crippen LogP) is 3.84. The SMILES string of the molecule is CCCCN(CC)CCNC(=O)[C@H]1c2ccccc2C(=O)N(C)[C@H]1c1ccc(OC)cc1. The topological polar surface area (TPSA) is 61.9 Å². The van der Waals surface area contributed by atoms with Gasteiger partial charge < -0.3 is 19.9 Å². The van der Waals surface area contributed by atoms with Crippen molar-refractivity contribution in [2.24, 2.45) is 0 Å². The third-order valence-electron chi connectivity index (χ3n) is 6.32. The van der Waals surface area contributed by atoms with E-state index in [1.807, 2.05) is 48.5 Å². The quantitative estimate of drug-likeness (QED) is 0.613. The molecule has 1 N–H and O–H groups in total. The number of hydrogen-bond acceptors (Lipinski definition) is 4. The molecular formula is C26H35N3O3. The van der Waals surface area contributed by atoms with Gasteiger partial charge in [-0.25, -0.2) is 0 Å². The summed E-state index contributed by atoms with van der Waals surface area (Å²) in [4.78, 5) is 30.7. The number of amides is 2. The number of unbranched alkanes of at least 4 members (excludes halogenated alkanes) is 1. The van der Waals surface area contributed by atoms with Gasteiger partial charge in [-0.2, -0.15) is 0 Å². The molecule has 0 radical (unpaired) electrons. The highest BCUT2D eigenvalue weighted by Gasteiger charge is 2.42. The number of benzene rings is 2. The molecule has 2 aromatic carbocycles. The van der Waals surface area contributed by atoms with Crippen molar-refractivity contribution < 1.29 is 14.3 Å². The van der Waals surface area contributed by atoms with Crippen LogP contribution in [0.3, 0.4) is 0 Å². The van der Waals surface area contributed by atoms with Gasteiger partial charge in [-0.05, 0) is 48.8 Å². The van der Waals surface area contributed by atoms with Crippen LogP contribution >= 0.6 is 0 Å². The fourth-order valence-electron chi connectivity index (χ4n) is 4.43. The van der Waals surface area contributed by atoms with Crippen molar-refractivity contribution in [3.05, 3.63) is 65.2 Å². The maximum absolute atomic E-state index is 13.5. The lowest BCUT2D eigenvalue weighted by Gasteiger charge is -2.40. The number of ether oxygens (including phenoxy) is 1. The fourth-order valence-corrected chi connectivity index (χ4v) is 4.43. The van der Waals surface area contributed by atoms with Crippen LogP contribution in [0.1, 0.15) is 60.1 Å². The molecule has 0 bridgehead atoms. The van der Waals surface area contributed by atoms with Gasteiger partial charge in [0.15, 0.2) is 0 Å². The first-order valence-electron chi connectivity index (χ1n) is 11.5. The highest BCUT2D eigenvalue weighted by molar-refractivity contribution is 6.01. The molecule has 3 rings (SSSR count). The number of carbonyl (C=O) groups is 2. The summed E-state index contributed by atoms with van der Waals surface area (Å²) in [7, 11) is 3.40. The fraction of sp³-hybridized carbons (Fsp3) is 0.462. The van der Waals surface area contributed by atoms with Gasteiger partial charge in [-0.1, -0.05) is 50.6 Å². The molecule has 172 valence electrons. The molecule has 6 nitrogen and oxygen atoms in total. The molecule has 0 unspecified atom stereocenters. The number of rotatable bonds is 10. The Bertz CT molecular complexity index is 913. The van der Waals surface area contributed by atoms with Crippen LogP contribution in [0, 0.1) is 0 Å². The number of methoxy groups -OCH3 is 1. The molecule has 0 aromatic heterocycles. The van der Waals surface area contributed by atoms with Crippen LogP contribution in [0.4, 0.5) is 0 Å². The van der Waals surface area contributed by atoms with Gasteiger partial charge in [-0.3, -0.25) is 9.59 Å². The maximum atomic E-state index is 13.5. The Morgan fingerprint density at radius 3 is 2.47 bits per heavy atom. The first-order valence-corrected chi connectivity index (χ1v) is 11.5. The van der Waals surface area contributed by atoms with Gasteiger partial charge in [0, 0.05) is 25.7 Å². The molecule has 0 spiro atoms. The monoisotopic (exact) mass is 437 g/mol. The molecule has 0 aliphatic carbocycles. The van der Waals surface area contributed by atoms with Crippen molar-refractivity contribution >= 4 is 11.8 Å². The van der Waals surface area contributed by atoms with Crippen molar-refractivity contribution in [3.8, 4) is 5.75 Å². The van der Waals surface area contributed by atoms with Crippen LogP contribution < -0.4 is 10.1 Å². The molecule has 1 heterocycles. The molecule has 0 fully saturated rings. The Kier molecular flexibility index (Phi) is 8.28. The first kappa shape index (κ1) is 23.8. The molecule has 2 aromatic rings. The van der Waals surface area contributed by atoms with Crippen molar-refractivity contribution in [1.29, 1.82) is 0 Å². The van der Waals surface area contributed by atoms with E-state index in [2.05, 4.69) is 24.1 Å². The van der Waals surface area contributed by atoms with E-state index in [9.17, 15) is 9.59 Å². The summed E-state index contributed by atoms with van der Waals surface area (Å²) in [6, 6.07) is 14.7. The second-order valence-electron chi connectivity index (χ2n) is 8.28. The Balaban J connectivity index is 1.86. The van der Waals surface area contributed by atoms with E-state index in [0.29, 0.717) is 12.1 Å². The summed E-state index contributed by atoms with van der Waals surface area (Å²) < 4.78 is 5.28. The largest absolute Gasteiger partial charge is 0.497 e. The lowest BCUT2D eigenvalue weighted by Crippen LogP contribution is -2.46. The number of fused-ring (bicyclic) bond motifs is 1. The van der Waals surface area contributed by atoms with E-state index >= 15 is 0 Å². The van der Waals surface area contributed by atoms with E-state index in [1.165, 1.54) is 0 Å². The van der Waals surface area contributed by atoms with Crippen LogP contribution in [-0.2, 0) is 4.79 Å². The second-order valence-corrected chi connectivity index (χ2v) is 8.28. The van der Waals surface area contributed by atoms with Gasteiger partial charge in [0.05, 0.1) is 19.1 Å². The highest BCUT2D eigenvalue weighted by Crippen LogP contribution is 2.42. The van der Waals surface area contributed by atoms with Gasteiger partial charge in [0.1, 0.15) is 5.75 Å². The van der Waals surface area contributed by atoms with Crippen LogP contribution in [0.25, 0.3) is 0 Å². The number of likely N-dealkylation sites (N-methyl/N-ethyl adjacent to an activating group) is 2. The summed E-state index contributed by atoms with van der Waals surface area (Å²) in [6.45, 7) is 7.75. The summed E-state index contributed by atoms with van der Waals surface area (Å²) in [5.74, 6) is 0.144. The number of hydrogen-bond donors (Lipinski definition) is 1. The summed E-state index contributed by atoms with van der Waals surface area (Å²) in [6.07, 6.45) is 2.32.